The van der Waals surface area contributed by atoms with E-state index in [0.29, 0.717) is 24.6 Å². The fourth-order valence-corrected chi connectivity index (χ4v) is 6.11. The topological polar surface area (TPSA) is 104 Å². The van der Waals surface area contributed by atoms with E-state index in [9.17, 15) is 23.1 Å². The molecule has 2 N–H and O–H groups in total. The summed E-state index contributed by atoms with van der Waals surface area (Å²) >= 11 is 0. The van der Waals surface area contributed by atoms with E-state index in [1.807, 2.05) is 18.2 Å². The number of hydrogen-bond acceptors (Lipinski definition) is 4. The summed E-state index contributed by atoms with van der Waals surface area (Å²) in [6.07, 6.45) is 7.65. The number of carbonyl (C=O) groups excluding carboxylic acids is 1. The Morgan fingerprint density at radius 2 is 1.78 bits per heavy atom. The molecule has 0 bridgehead atoms. The molecular weight excluding hydrogens is 488 g/mol. The Morgan fingerprint density at radius 1 is 1.03 bits per heavy atom. The first-order valence-electron chi connectivity index (χ1n) is 12.0. The number of para-hydroxylation sites is 1. The summed E-state index contributed by atoms with van der Waals surface area (Å²) in [7, 11) is -3.78. The summed E-state index contributed by atoms with van der Waals surface area (Å²) in [4.78, 5) is 24.9. The van der Waals surface area contributed by atoms with Crippen LogP contribution in [0.5, 0.6) is 0 Å². The van der Waals surface area contributed by atoms with Crippen LogP contribution in [0.4, 0.5) is 11.4 Å². The minimum Gasteiger partial charge on any atom is -0.478 e. The molecule has 0 aromatic heterocycles. The highest BCUT2D eigenvalue weighted by Crippen LogP contribution is 2.33. The maximum atomic E-state index is 13.2. The minimum absolute atomic E-state index is 0.0225. The number of anilines is 2. The lowest BCUT2D eigenvalue weighted by Crippen LogP contribution is -2.29. The van der Waals surface area contributed by atoms with Gasteiger partial charge in [-0.25, -0.2) is 13.2 Å². The van der Waals surface area contributed by atoms with Crippen LogP contribution in [0.3, 0.4) is 0 Å². The number of hydrogen-bond donors (Lipinski definition) is 2. The number of carboxylic acid groups (broad SMARTS) is 1. The summed E-state index contributed by atoms with van der Waals surface area (Å²) < 4.78 is 27.8. The third kappa shape index (κ3) is 4.80. The maximum absolute atomic E-state index is 13.2. The van der Waals surface area contributed by atoms with Gasteiger partial charge in [-0.2, -0.15) is 0 Å². The van der Waals surface area contributed by atoms with Crippen LogP contribution >= 0.6 is 0 Å². The van der Waals surface area contributed by atoms with Gasteiger partial charge in [-0.3, -0.25) is 9.10 Å². The molecule has 1 aliphatic carbocycles. The summed E-state index contributed by atoms with van der Waals surface area (Å²) in [5.41, 5.74) is 3.71. The molecule has 7 nitrogen and oxygen atoms in total. The number of nitrogens with one attached hydrogen (secondary N) is 1. The molecule has 1 amide bonds. The monoisotopic (exact) mass is 514 g/mol. The highest BCUT2D eigenvalue weighted by atomic mass is 32.2. The fourth-order valence-electron chi connectivity index (χ4n) is 4.61. The molecule has 0 saturated carbocycles. The molecule has 5 rings (SSSR count). The molecule has 1 aliphatic heterocycles. The third-order valence-corrected chi connectivity index (χ3v) is 8.52. The molecule has 1 atom stereocenters. The lowest BCUT2D eigenvalue weighted by Gasteiger charge is -2.19. The van der Waals surface area contributed by atoms with Gasteiger partial charge >= 0.3 is 5.97 Å². The quantitative estimate of drug-likeness (QED) is 0.460. The first-order chi connectivity index (χ1) is 17.7. The number of carboxylic acids is 1. The van der Waals surface area contributed by atoms with Crippen LogP contribution in [-0.2, 0) is 16.4 Å². The Kier molecular flexibility index (Phi) is 6.43. The molecule has 0 saturated heterocycles. The summed E-state index contributed by atoms with van der Waals surface area (Å²) in [6, 6.07) is 17.9. The van der Waals surface area contributed by atoms with Crippen molar-refractivity contribution in [2.24, 2.45) is 5.92 Å². The molecule has 0 radical (unpaired) electrons. The van der Waals surface area contributed by atoms with E-state index in [0.717, 1.165) is 23.1 Å². The van der Waals surface area contributed by atoms with Gasteiger partial charge in [0.15, 0.2) is 0 Å². The second kappa shape index (κ2) is 9.71. The Bertz CT molecular complexity index is 1560. The van der Waals surface area contributed by atoms with Crippen molar-refractivity contribution in [2.45, 2.75) is 24.7 Å². The zero-order valence-electron chi connectivity index (χ0n) is 20.2. The molecule has 2 aliphatic rings. The van der Waals surface area contributed by atoms with E-state index in [4.69, 9.17) is 0 Å². The van der Waals surface area contributed by atoms with Crippen molar-refractivity contribution in [3.05, 3.63) is 107 Å². The molecular formula is C29H26N2O5S. The van der Waals surface area contributed by atoms with Crippen LogP contribution in [0.1, 0.15) is 45.2 Å². The number of rotatable bonds is 6. The van der Waals surface area contributed by atoms with Crippen molar-refractivity contribution >= 4 is 38.8 Å². The Hall–Kier alpha value is -4.17. The van der Waals surface area contributed by atoms with Crippen LogP contribution < -0.4 is 9.62 Å². The molecule has 3 aromatic rings. The minimum atomic E-state index is -3.78. The highest BCUT2D eigenvalue weighted by molar-refractivity contribution is 7.92. The number of aromatic carboxylic acids is 1. The molecule has 8 heteroatoms. The van der Waals surface area contributed by atoms with E-state index in [1.165, 1.54) is 28.6 Å². The van der Waals surface area contributed by atoms with E-state index < -0.39 is 21.9 Å². The lowest BCUT2D eigenvalue weighted by molar-refractivity contribution is 0.0698. The number of allylic oxidation sites excluding steroid dienone is 4. The van der Waals surface area contributed by atoms with Gasteiger partial charge in [-0.05, 0) is 77.9 Å². The van der Waals surface area contributed by atoms with Gasteiger partial charge in [0, 0.05) is 12.1 Å². The molecule has 0 fully saturated rings. The van der Waals surface area contributed by atoms with Gasteiger partial charge in [0.1, 0.15) is 0 Å². The number of amides is 1. The van der Waals surface area contributed by atoms with E-state index in [1.54, 1.807) is 30.3 Å². The highest BCUT2D eigenvalue weighted by Gasteiger charge is 2.30. The van der Waals surface area contributed by atoms with Gasteiger partial charge < -0.3 is 10.4 Å². The molecule has 3 aromatic carbocycles. The molecule has 1 heterocycles. The number of benzene rings is 3. The van der Waals surface area contributed by atoms with Gasteiger partial charge in [0.05, 0.1) is 21.8 Å². The number of carbonyl (C=O) groups is 2. The predicted molar refractivity (Wildman–Crippen MR) is 143 cm³/mol. The summed E-state index contributed by atoms with van der Waals surface area (Å²) in [6.45, 7) is 2.47. The van der Waals surface area contributed by atoms with E-state index in [-0.39, 0.29) is 21.7 Å². The molecule has 37 heavy (non-hydrogen) atoms. The largest absolute Gasteiger partial charge is 0.478 e. The number of fused-ring (bicyclic) bond motifs is 1. The summed E-state index contributed by atoms with van der Waals surface area (Å²) in [5, 5.41) is 12.4. The van der Waals surface area contributed by atoms with Crippen molar-refractivity contribution in [3.63, 3.8) is 0 Å². The SMILES string of the molecule is CC1C=CC(c2ccc(NC(=O)c3ccc(S(=O)(=O)N4CCc5ccccc54)cc3)c(C(=O)O)c2)=CC1. The zero-order chi connectivity index (χ0) is 26.2. The van der Waals surface area contributed by atoms with Crippen molar-refractivity contribution in [1.29, 1.82) is 0 Å². The van der Waals surface area contributed by atoms with Gasteiger partial charge in [-0.15, -0.1) is 0 Å². The van der Waals surface area contributed by atoms with Crippen molar-refractivity contribution in [2.75, 3.05) is 16.2 Å². The van der Waals surface area contributed by atoms with Crippen LogP contribution in [0.2, 0.25) is 0 Å². The molecule has 188 valence electrons. The maximum Gasteiger partial charge on any atom is 0.337 e. The van der Waals surface area contributed by atoms with Crippen LogP contribution in [0, 0.1) is 5.92 Å². The third-order valence-electron chi connectivity index (χ3n) is 6.69. The number of sulfonamides is 1. The lowest BCUT2D eigenvalue weighted by atomic mass is 9.93. The van der Waals surface area contributed by atoms with Crippen LogP contribution in [0.15, 0.2) is 89.9 Å². The molecule has 1 unspecified atom stereocenters. The van der Waals surface area contributed by atoms with Gasteiger partial charge in [-0.1, -0.05) is 49.4 Å². The first-order valence-corrected chi connectivity index (χ1v) is 13.5. The van der Waals surface area contributed by atoms with Gasteiger partial charge in [0.25, 0.3) is 15.9 Å². The van der Waals surface area contributed by atoms with Crippen molar-refractivity contribution in [1.82, 2.24) is 0 Å². The summed E-state index contributed by atoms with van der Waals surface area (Å²) in [5.74, 6) is -1.25. The average molecular weight is 515 g/mol. The Labute approximate surface area is 215 Å². The van der Waals surface area contributed by atoms with E-state index >= 15 is 0 Å². The van der Waals surface area contributed by atoms with Crippen LogP contribution in [0.25, 0.3) is 5.57 Å². The number of nitrogens with zero attached hydrogens (tertiary/aromatic N) is 1. The van der Waals surface area contributed by atoms with Crippen molar-refractivity contribution < 1.29 is 23.1 Å². The second-order valence-corrected chi connectivity index (χ2v) is 11.1. The predicted octanol–water partition coefficient (Wildman–Crippen LogP) is 5.37. The van der Waals surface area contributed by atoms with Gasteiger partial charge in [0.2, 0.25) is 0 Å². The fraction of sp³-hybridized carbons (Fsp3) is 0.172. The Morgan fingerprint density at radius 3 is 2.49 bits per heavy atom. The van der Waals surface area contributed by atoms with Crippen molar-refractivity contribution in [3.8, 4) is 0 Å². The standard InChI is InChI=1S/C29H26N2O5S/c1-19-6-8-20(9-7-19)23-12-15-26(25(18-23)29(33)34)30-28(32)22-10-13-24(14-11-22)37(35,36)31-17-16-21-4-2-3-5-27(21)31/h2-6,8-15,18-19H,7,16-17H2,1H3,(H,30,32)(H,33,34). The second-order valence-electron chi connectivity index (χ2n) is 9.23. The zero-order valence-corrected chi connectivity index (χ0v) is 21.0. The normalized spacial score (nSPS) is 16.7. The Balaban J connectivity index is 1.35. The van der Waals surface area contributed by atoms with Crippen LogP contribution in [-0.4, -0.2) is 31.9 Å². The molecule has 0 spiro atoms. The average Bonchev–Trinajstić information content (AvgIpc) is 3.34. The smallest absolute Gasteiger partial charge is 0.337 e. The van der Waals surface area contributed by atoms with E-state index in [2.05, 4.69) is 24.4 Å². The first kappa shape index (κ1) is 24.5.